The van der Waals surface area contributed by atoms with Crippen molar-refractivity contribution in [2.45, 2.75) is 13.0 Å². The smallest absolute Gasteiger partial charge is 0.265 e. The molecule has 0 bridgehead atoms. The molecule has 7 heteroatoms. The number of amides is 1. The van der Waals surface area contributed by atoms with Crippen LogP contribution >= 0.6 is 50.7 Å². The van der Waals surface area contributed by atoms with Crippen molar-refractivity contribution in [3.63, 3.8) is 0 Å². The Morgan fingerprint density at radius 2 is 1.86 bits per heavy atom. The van der Waals surface area contributed by atoms with Gasteiger partial charge in [-0.05, 0) is 59.3 Å². The number of rotatable bonds is 4. The number of carbonyl (C=O) groups excluding carboxylic acids is 1. The number of hydrogen-bond donors (Lipinski definition) is 1. The highest BCUT2D eigenvalue weighted by atomic mass is 79.9. The molecule has 2 aromatic carbocycles. The minimum Gasteiger partial charge on any atom is -0.479 e. The molecule has 116 valence electrons. The standard InChI is InChI=1S/C15H11BrCl3NO2/c1-8(22-14-5-2-9(17)6-13(14)19)15(21)20-10-3-4-12(18)11(16)7-10/h2-8H,1H3,(H,20,21)/t8-/m1/s1. The molecule has 1 N–H and O–H groups in total. The zero-order valence-electron chi connectivity index (χ0n) is 11.4. The summed E-state index contributed by atoms with van der Waals surface area (Å²) in [6.45, 7) is 1.63. The summed E-state index contributed by atoms with van der Waals surface area (Å²) in [5.41, 5.74) is 0.610. The molecular formula is C15H11BrCl3NO2. The number of benzene rings is 2. The van der Waals surface area contributed by atoms with Gasteiger partial charge in [-0.1, -0.05) is 34.8 Å². The van der Waals surface area contributed by atoms with Gasteiger partial charge < -0.3 is 10.1 Å². The van der Waals surface area contributed by atoms with Gasteiger partial charge in [0.15, 0.2) is 6.10 Å². The van der Waals surface area contributed by atoms with Crippen LogP contribution in [0.2, 0.25) is 15.1 Å². The van der Waals surface area contributed by atoms with Crippen LogP contribution in [0.3, 0.4) is 0 Å². The monoisotopic (exact) mass is 421 g/mol. The van der Waals surface area contributed by atoms with E-state index in [1.165, 1.54) is 0 Å². The van der Waals surface area contributed by atoms with Crippen molar-refractivity contribution in [2.24, 2.45) is 0 Å². The number of hydrogen-bond acceptors (Lipinski definition) is 2. The second-order valence-corrected chi connectivity index (χ2v) is 6.56. The second kappa shape index (κ2) is 7.55. The molecule has 0 heterocycles. The van der Waals surface area contributed by atoms with Gasteiger partial charge in [0.25, 0.3) is 5.91 Å². The first-order chi connectivity index (χ1) is 10.4. The summed E-state index contributed by atoms with van der Waals surface area (Å²) >= 11 is 21.0. The van der Waals surface area contributed by atoms with Crippen LogP contribution in [0.4, 0.5) is 5.69 Å². The second-order valence-electron chi connectivity index (χ2n) is 4.45. The highest BCUT2D eigenvalue weighted by Crippen LogP contribution is 2.29. The van der Waals surface area contributed by atoms with Crippen molar-refractivity contribution in [1.29, 1.82) is 0 Å². The molecule has 0 aromatic heterocycles. The number of nitrogens with one attached hydrogen (secondary N) is 1. The fourth-order valence-corrected chi connectivity index (χ4v) is 2.58. The number of ether oxygens (including phenoxy) is 1. The molecule has 0 saturated heterocycles. The lowest BCUT2D eigenvalue weighted by atomic mass is 10.3. The summed E-state index contributed by atoms with van der Waals surface area (Å²) < 4.78 is 6.24. The van der Waals surface area contributed by atoms with Gasteiger partial charge in [-0.2, -0.15) is 0 Å². The third kappa shape index (κ3) is 4.53. The van der Waals surface area contributed by atoms with Crippen LogP contribution in [0.1, 0.15) is 6.92 Å². The molecule has 0 unspecified atom stereocenters. The topological polar surface area (TPSA) is 38.3 Å². The van der Waals surface area contributed by atoms with Crippen molar-refractivity contribution >= 4 is 62.3 Å². The van der Waals surface area contributed by atoms with Crippen LogP contribution in [0.5, 0.6) is 5.75 Å². The first-order valence-corrected chi connectivity index (χ1v) is 8.17. The SMILES string of the molecule is C[C@@H](Oc1ccc(Cl)cc1Cl)C(=O)Nc1ccc(Cl)c(Br)c1. The average Bonchev–Trinajstić information content (AvgIpc) is 2.45. The van der Waals surface area contributed by atoms with E-state index in [1.807, 2.05) is 0 Å². The Morgan fingerprint density at radius 3 is 2.50 bits per heavy atom. The maximum Gasteiger partial charge on any atom is 0.265 e. The van der Waals surface area contributed by atoms with Crippen molar-refractivity contribution in [3.05, 3.63) is 55.9 Å². The summed E-state index contributed by atoms with van der Waals surface area (Å²) in [4.78, 5) is 12.1. The van der Waals surface area contributed by atoms with Gasteiger partial charge in [0.1, 0.15) is 5.75 Å². The molecular weight excluding hydrogens is 412 g/mol. The van der Waals surface area contributed by atoms with Crippen LogP contribution in [0.15, 0.2) is 40.9 Å². The fourth-order valence-electron chi connectivity index (χ4n) is 1.63. The molecule has 0 radical (unpaired) electrons. The van der Waals surface area contributed by atoms with Crippen LogP contribution in [-0.4, -0.2) is 12.0 Å². The van der Waals surface area contributed by atoms with Crippen LogP contribution in [0.25, 0.3) is 0 Å². The molecule has 0 spiro atoms. The van der Waals surface area contributed by atoms with E-state index >= 15 is 0 Å². The van der Waals surface area contributed by atoms with Crippen molar-refractivity contribution in [3.8, 4) is 5.75 Å². The maximum absolute atomic E-state index is 12.1. The third-order valence-corrected chi connectivity index (χ3v) is 4.50. The lowest BCUT2D eigenvalue weighted by Gasteiger charge is -2.16. The lowest BCUT2D eigenvalue weighted by molar-refractivity contribution is -0.122. The normalized spacial score (nSPS) is 11.9. The van der Waals surface area contributed by atoms with Gasteiger partial charge >= 0.3 is 0 Å². The first kappa shape index (κ1) is 17.4. The van der Waals surface area contributed by atoms with Gasteiger partial charge in [-0.3, -0.25) is 4.79 Å². The van der Waals surface area contributed by atoms with Crippen molar-refractivity contribution in [2.75, 3.05) is 5.32 Å². The van der Waals surface area contributed by atoms with Crippen molar-refractivity contribution in [1.82, 2.24) is 0 Å². The molecule has 0 saturated carbocycles. The van der Waals surface area contributed by atoms with E-state index < -0.39 is 6.10 Å². The quantitative estimate of drug-likeness (QED) is 0.673. The fraction of sp³-hybridized carbons (Fsp3) is 0.133. The predicted molar refractivity (Wildman–Crippen MR) is 94.3 cm³/mol. The predicted octanol–water partition coefficient (Wildman–Crippen LogP) is 5.82. The Hall–Kier alpha value is -0.940. The van der Waals surface area contributed by atoms with E-state index in [4.69, 9.17) is 39.5 Å². The van der Waals surface area contributed by atoms with E-state index in [9.17, 15) is 4.79 Å². The first-order valence-electron chi connectivity index (χ1n) is 6.24. The number of carbonyl (C=O) groups is 1. The Kier molecular flexibility index (Phi) is 5.98. The Balaban J connectivity index is 2.04. The lowest BCUT2D eigenvalue weighted by Crippen LogP contribution is -2.30. The van der Waals surface area contributed by atoms with Gasteiger partial charge in [0.05, 0.1) is 10.0 Å². The van der Waals surface area contributed by atoms with E-state index in [2.05, 4.69) is 21.2 Å². The van der Waals surface area contributed by atoms with Gasteiger partial charge in [-0.15, -0.1) is 0 Å². The largest absolute Gasteiger partial charge is 0.479 e. The molecule has 0 aliphatic carbocycles. The summed E-state index contributed by atoms with van der Waals surface area (Å²) in [5, 5.41) is 4.15. The van der Waals surface area contributed by atoms with E-state index in [0.29, 0.717) is 31.0 Å². The zero-order valence-corrected chi connectivity index (χ0v) is 15.2. The van der Waals surface area contributed by atoms with Crippen LogP contribution in [-0.2, 0) is 4.79 Å². The molecule has 2 aromatic rings. The summed E-state index contributed by atoms with van der Waals surface area (Å²) in [6, 6.07) is 9.91. The molecule has 3 nitrogen and oxygen atoms in total. The van der Waals surface area contributed by atoms with E-state index in [-0.39, 0.29) is 5.91 Å². The highest BCUT2D eigenvalue weighted by Gasteiger charge is 2.16. The molecule has 22 heavy (non-hydrogen) atoms. The molecule has 2 rings (SSSR count). The Morgan fingerprint density at radius 1 is 1.14 bits per heavy atom. The summed E-state index contributed by atoms with van der Waals surface area (Å²) in [6.07, 6.45) is -0.729. The number of anilines is 1. The Labute approximate surface area is 151 Å². The molecule has 0 aliphatic rings. The summed E-state index contributed by atoms with van der Waals surface area (Å²) in [7, 11) is 0. The molecule has 1 amide bonds. The maximum atomic E-state index is 12.1. The summed E-state index contributed by atoms with van der Waals surface area (Å²) in [5.74, 6) is 0.0891. The zero-order chi connectivity index (χ0) is 16.3. The third-order valence-electron chi connectivity index (χ3n) is 2.75. The minimum absolute atomic E-state index is 0.305. The van der Waals surface area contributed by atoms with Crippen molar-refractivity contribution < 1.29 is 9.53 Å². The Bertz CT molecular complexity index is 709. The minimum atomic E-state index is -0.729. The average molecular weight is 424 g/mol. The van der Waals surface area contributed by atoms with Gasteiger partial charge in [0, 0.05) is 15.2 Å². The van der Waals surface area contributed by atoms with Gasteiger partial charge in [-0.25, -0.2) is 0 Å². The molecule has 1 atom stereocenters. The molecule has 0 fully saturated rings. The molecule has 0 aliphatic heterocycles. The van der Waals surface area contributed by atoms with E-state index in [0.717, 1.165) is 0 Å². The highest BCUT2D eigenvalue weighted by molar-refractivity contribution is 9.10. The van der Waals surface area contributed by atoms with Crippen LogP contribution in [0, 0.1) is 0 Å². The van der Waals surface area contributed by atoms with E-state index in [1.54, 1.807) is 43.3 Å². The number of halogens is 4. The van der Waals surface area contributed by atoms with Gasteiger partial charge in [0.2, 0.25) is 0 Å². The van der Waals surface area contributed by atoms with Crippen LogP contribution < -0.4 is 10.1 Å².